The lowest BCUT2D eigenvalue weighted by molar-refractivity contribution is 0.476. The third-order valence-corrected chi connectivity index (χ3v) is 4.18. The molecule has 0 spiro atoms. The Labute approximate surface area is 100 Å². The van der Waals surface area contributed by atoms with E-state index in [0.717, 1.165) is 4.31 Å². The summed E-state index contributed by atoms with van der Waals surface area (Å²) in [6.45, 7) is 0.182. The van der Waals surface area contributed by atoms with Gasteiger partial charge in [0, 0.05) is 25.0 Å². The predicted molar refractivity (Wildman–Crippen MR) is 61.5 cm³/mol. The molecule has 0 radical (unpaired) electrons. The van der Waals surface area contributed by atoms with E-state index in [1.165, 1.54) is 31.3 Å². The summed E-state index contributed by atoms with van der Waals surface area (Å²) in [6, 6.07) is 7.83. The Morgan fingerprint density at radius 1 is 1.38 bits per heavy atom. The highest BCUT2D eigenvalue weighted by Gasteiger charge is 2.19. The molecule has 6 heteroatoms. The lowest BCUT2D eigenvalue weighted by Gasteiger charge is -2.15. The summed E-state index contributed by atoms with van der Waals surface area (Å²) in [4.78, 5) is 0.178. The van der Waals surface area contributed by atoms with E-state index in [9.17, 15) is 8.42 Å². The van der Waals surface area contributed by atoms with Crippen molar-refractivity contribution >= 4 is 21.6 Å². The average molecular weight is 259 g/mol. The highest BCUT2D eigenvalue weighted by atomic mass is 35.5. The zero-order valence-electron chi connectivity index (χ0n) is 8.72. The molecule has 1 rings (SSSR count). The Balaban J connectivity index is 2.94. The summed E-state index contributed by atoms with van der Waals surface area (Å²) in [6.07, 6.45) is 0.170. The number of hydrogen-bond donors (Lipinski definition) is 0. The molecule has 0 aliphatic heterocycles. The summed E-state index contributed by atoms with van der Waals surface area (Å²) in [5.41, 5.74) is 0. The zero-order valence-corrected chi connectivity index (χ0v) is 10.3. The number of halogens is 1. The minimum absolute atomic E-state index is 0.170. The van der Waals surface area contributed by atoms with Crippen molar-refractivity contribution < 1.29 is 8.42 Å². The topological polar surface area (TPSA) is 61.2 Å². The zero-order chi connectivity index (χ0) is 12.2. The van der Waals surface area contributed by atoms with Gasteiger partial charge in [-0.25, -0.2) is 8.42 Å². The van der Waals surface area contributed by atoms with Gasteiger partial charge in [-0.1, -0.05) is 11.6 Å². The summed E-state index contributed by atoms with van der Waals surface area (Å²) in [7, 11) is -2.06. The molecule has 0 fully saturated rings. The van der Waals surface area contributed by atoms with Crippen molar-refractivity contribution in [1.29, 1.82) is 5.26 Å². The molecule has 16 heavy (non-hydrogen) atoms. The maximum Gasteiger partial charge on any atom is 0.242 e. The van der Waals surface area contributed by atoms with Crippen LogP contribution in [0, 0.1) is 11.3 Å². The molecule has 0 atom stereocenters. The molecule has 0 aromatic heterocycles. The van der Waals surface area contributed by atoms with Crippen LogP contribution in [0.5, 0.6) is 0 Å². The number of nitriles is 1. The minimum atomic E-state index is -3.50. The van der Waals surface area contributed by atoms with Crippen LogP contribution < -0.4 is 0 Å². The fourth-order valence-corrected chi connectivity index (χ4v) is 2.41. The summed E-state index contributed by atoms with van der Waals surface area (Å²) < 4.78 is 25.0. The molecule has 0 unspecified atom stereocenters. The quantitative estimate of drug-likeness (QED) is 0.828. The van der Waals surface area contributed by atoms with Gasteiger partial charge in [0.25, 0.3) is 0 Å². The number of sulfonamides is 1. The lowest BCUT2D eigenvalue weighted by atomic mass is 10.4. The smallest absolute Gasteiger partial charge is 0.207 e. The van der Waals surface area contributed by atoms with Crippen molar-refractivity contribution in [2.75, 3.05) is 13.6 Å². The van der Waals surface area contributed by atoms with Crippen molar-refractivity contribution in [2.45, 2.75) is 11.3 Å². The summed E-state index contributed by atoms with van der Waals surface area (Å²) in [5.74, 6) is 0. The van der Waals surface area contributed by atoms with Crippen molar-refractivity contribution in [1.82, 2.24) is 4.31 Å². The van der Waals surface area contributed by atoms with Crippen LogP contribution in [0.1, 0.15) is 6.42 Å². The Morgan fingerprint density at radius 3 is 2.44 bits per heavy atom. The summed E-state index contributed by atoms with van der Waals surface area (Å²) >= 11 is 5.67. The van der Waals surface area contributed by atoms with Crippen LogP contribution in [0.3, 0.4) is 0 Å². The number of benzene rings is 1. The second-order valence-electron chi connectivity index (χ2n) is 3.19. The van der Waals surface area contributed by atoms with Gasteiger partial charge in [-0.05, 0) is 24.3 Å². The molecule has 4 nitrogen and oxygen atoms in total. The molecule has 86 valence electrons. The fraction of sp³-hybridized carbons (Fsp3) is 0.300. The molecule has 1 aromatic rings. The largest absolute Gasteiger partial charge is 0.242 e. The van der Waals surface area contributed by atoms with E-state index in [1.54, 1.807) is 0 Å². The predicted octanol–water partition coefficient (Wildman–Crippen LogP) is 1.87. The highest BCUT2D eigenvalue weighted by molar-refractivity contribution is 7.89. The molecule has 0 bridgehead atoms. The maximum absolute atomic E-state index is 11.9. The first-order valence-corrected chi connectivity index (χ1v) is 6.39. The fourth-order valence-electron chi connectivity index (χ4n) is 1.11. The van der Waals surface area contributed by atoms with Crippen LogP contribution in [0.15, 0.2) is 29.2 Å². The molecule has 0 amide bonds. The molecule has 0 aliphatic rings. The van der Waals surface area contributed by atoms with Crippen molar-refractivity contribution in [3.63, 3.8) is 0 Å². The average Bonchev–Trinajstić information content (AvgIpc) is 2.26. The monoisotopic (exact) mass is 258 g/mol. The molecule has 0 saturated heterocycles. The van der Waals surface area contributed by atoms with Crippen molar-refractivity contribution in [3.05, 3.63) is 29.3 Å². The lowest BCUT2D eigenvalue weighted by Crippen LogP contribution is -2.27. The number of rotatable bonds is 4. The normalized spacial score (nSPS) is 11.4. The van der Waals surface area contributed by atoms with E-state index in [0.29, 0.717) is 5.02 Å². The second-order valence-corrected chi connectivity index (χ2v) is 5.67. The van der Waals surface area contributed by atoms with E-state index in [-0.39, 0.29) is 17.9 Å². The Hall–Kier alpha value is -1.09. The Bertz CT molecular complexity index is 491. The standard InChI is InChI=1S/C10H11ClN2O2S/c1-13(8-2-7-12)16(14,15)10-5-3-9(11)4-6-10/h3-6H,2,8H2,1H3. The third-order valence-electron chi connectivity index (χ3n) is 2.06. The van der Waals surface area contributed by atoms with Crippen LogP contribution in [0.25, 0.3) is 0 Å². The van der Waals surface area contributed by atoms with Gasteiger partial charge in [-0.3, -0.25) is 0 Å². The molecule has 0 aliphatic carbocycles. The first-order valence-electron chi connectivity index (χ1n) is 4.57. The summed E-state index contributed by atoms with van der Waals surface area (Å²) in [5, 5.41) is 8.88. The Morgan fingerprint density at radius 2 is 1.94 bits per heavy atom. The second kappa shape index (κ2) is 5.30. The highest BCUT2D eigenvalue weighted by Crippen LogP contribution is 2.17. The van der Waals surface area contributed by atoms with E-state index in [4.69, 9.17) is 16.9 Å². The van der Waals surface area contributed by atoms with E-state index in [2.05, 4.69) is 0 Å². The van der Waals surface area contributed by atoms with Gasteiger partial charge < -0.3 is 0 Å². The molecular formula is C10H11ClN2O2S. The van der Waals surface area contributed by atoms with Crippen molar-refractivity contribution in [3.8, 4) is 6.07 Å². The number of hydrogen-bond acceptors (Lipinski definition) is 3. The van der Waals surface area contributed by atoms with Gasteiger partial charge in [-0.2, -0.15) is 9.57 Å². The van der Waals surface area contributed by atoms with Crippen molar-refractivity contribution in [2.24, 2.45) is 0 Å². The van der Waals surface area contributed by atoms with Crippen LogP contribution in [0.2, 0.25) is 5.02 Å². The number of nitrogens with zero attached hydrogens (tertiary/aromatic N) is 2. The van der Waals surface area contributed by atoms with E-state index >= 15 is 0 Å². The minimum Gasteiger partial charge on any atom is -0.207 e. The van der Waals surface area contributed by atoms with Gasteiger partial charge in [-0.15, -0.1) is 0 Å². The molecule has 0 saturated carbocycles. The van der Waals surface area contributed by atoms with Crippen LogP contribution in [-0.2, 0) is 10.0 Å². The maximum atomic E-state index is 11.9. The van der Waals surface area contributed by atoms with Gasteiger partial charge in [0.1, 0.15) is 0 Å². The van der Waals surface area contributed by atoms with Crippen LogP contribution >= 0.6 is 11.6 Å². The third kappa shape index (κ3) is 2.95. The van der Waals surface area contributed by atoms with Crippen LogP contribution in [-0.4, -0.2) is 26.3 Å². The van der Waals surface area contributed by atoms with Gasteiger partial charge in [0.05, 0.1) is 11.0 Å². The molecular weight excluding hydrogens is 248 g/mol. The van der Waals surface area contributed by atoms with Gasteiger partial charge in [0.15, 0.2) is 0 Å². The molecule has 0 N–H and O–H groups in total. The SMILES string of the molecule is CN(CCC#N)S(=O)(=O)c1ccc(Cl)cc1. The molecule has 0 heterocycles. The van der Waals surface area contributed by atoms with E-state index < -0.39 is 10.0 Å². The van der Waals surface area contributed by atoms with Crippen LogP contribution in [0.4, 0.5) is 0 Å². The van der Waals surface area contributed by atoms with E-state index in [1.807, 2.05) is 6.07 Å². The van der Waals surface area contributed by atoms with Gasteiger partial charge >= 0.3 is 0 Å². The Kier molecular flexibility index (Phi) is 4.30. The first-order chi connectivity index (χ1) is 7.48. The molecule has 1 aromatic carbocycles. The van der Waals surface area contributed by atoms with Gasteiger partial charge in [0.2, 0.25) is 10.0 Å². The first kappa shape index (κ1) is 13.0.